The number of pyridine rings is 1. The summed E-state index contributed by atoms with van der Waals surface area (Å²) in [6, 6.07) is 1.63. The average Bonchev–Trinajstić information content (AvgIpc) is 2.13. The van der Waals surface area contributed by atoms with Crippen LogP contribution in [-0.4, -0.2) is 11.6 Å². The average molecular weight is 282 g/mol. The minimum Gasteiger partial charge on any atom is -0.478 e. The normalized spacial score (nSPS) is 12.6. The SMILES string of the molecule is CC(C)(C)CCOc1cc(C(F)(F)F)cc(Cl)n1. The Hall–Kier alpha value is -0.970. The number of alkyl halides is 3. The lowest BCUT2D eigenvalue weighted by Gasteiger charge is -2.18. The maximum atomic E-state index is 12.5. The first-order valence-corrected chi connectivity index (χ1v) is 5.83. The van der Waals surface area contributed by atoms with Gasteiger partial charge < -0.3 is 4.74 Å². The Kier molecular flexibility index (Phi) is 4.48. The van der Waals surface area contributed by atoms with E-state index in [0.717, 1.165) is 12.1 Å². The van der Waals surface area contributed by atoms with Crippen LogP contribution < -0.4 is 4.74 Å². The van der Waals surface area contributed by atoms with Gasteiger partial charge in [-0.1, -0.05) is 32.4 Å². The highest BCUT2D eigenvalue weighted by Crippen LogP contribution is 2.32. The molecule has 0 amide bonds. The Morgan fingerprint density at radius 1 is 1.22 bits per heavy atom. The van der Waals surface area contributed by atoms with Gasteiger partial charge >= 0.3 is 6.18 Å². The topological polar surface area (TPSA) is 22.1 Å². The molecule has 0 N–H and O–H groups in total. The third kappa shape index (κ3) is 5.12. The molecule has 1 aromatic rings. The van der Waals surface area contributed by atoms with Crippen LogP contribution in [0.5, 0.6) is 5.88 Å². The Balaban J connectivity index is 2.75. The van der Waals surface area contributed by atoms with Crippen molar-refractivity contribution < 1.29 is 17.9 Å². The fraction of sp³-hybridized carbons (Fsp3) is 0.583. The lowest BCUT2D eigenvalue weighted by atomic mass is 9.93. The summed E-state index contributed by atoms with van der Waals surface area (Å²) in [5.41, 5.74) is -0.806. The molecule has 0 unspecified atom stereocenters. The molecular formula is C12H15ClF3NO. The minimum absolute atomic E-state index is 0.0471. The van der Waals surface area contributed by atoms with Gasteiger partial charge in [0.1, 0.15) is 5.15 Å². The lowest BCUT2D eigenvalue weighted by molar-refractivity contribution is -0.137. The molecule has 1 rings (SSSR count). The highest BCUT2D eigenvalue weighted by molar-refractivity contribution is 6.29. The number of nitrogens with zero attached hydrogens (tertiary/aromatic N) is 1. The van der Waals surface area contributed by atoms with Crippen molar-refractivity contribution in [1.29, 1.82) is 0 Å². The second kappa shape index (κ2) is 5.34. The Bertz CT molecular complexity index is 413. The fourth-order valence-corrected chi connectivity index (χ4v) is 1.37. The maximum Gasteiger partial charge on any atom is 0.416 e. The van der Waals surface area contributed by atoms with Gasteiger partial charge in [0.2, 0.25) is 5.88 Å². The second-order valence-electron chi connectivity index (χ2n) is 5.17. The van der Waals surface area contributed by atoms with Crippen molar-refractivity contribution in [3.05, 3.63) is 22.8 Å². The molecule has 2 nitrogen and oxygen atoms in total. The second-order valence-corrected chi connectivity index (χ2v) is 5.56. The number of hydrogen-bond donors (Lipinski definition) is 0. The van der Waals surface area contributed by atoms with E-state index in [1.54, 1.807) is 0 Å². The zero-order valence-corrected chi connectivity index (χ0v) is 11.2. The number of ether oxygens (including phenoxy) is 1. The zero-order chi connectivity index (χ0) is 14.0. The molecule has 0 atom stereocenters. The molecule has 0 aromatic carbocycles. The fourth-order valence-electron chi connectivity index (χ4n) is 1.17. The molecule has 6 heteroatoms. The van der Waals surface area contributed by atoms with E-state index >= 15 is 0 Å². The van der Waals surface area contributed by atoms with Crippen LogP contribution in [0.2, 0.25) is 5.15 Å². The molecular weight excluding hydrogens is 267 g/mol. The Morgan fingerprint density at radius 3 is 2.33 bits per heavy atom. The smallest absolute Gasteiger partial charge is 0.416 e. The van der Waals surface area contributed by atoms with Crippen LogP contribution in [0.25, 0.3) is 0 Å². The Morgan fingerprint density at radius 2 is 1.83 bits per heavy atom. The van der Waals surface area contributed by atoms with E-state index in [9.17, 15) is 13.2 Å². The Labute approximate surface area is 109 Å². The van der Waals surface area contributed by atoms with Crippen LogP contribution >= 0.6 is 11.6 Å². The molecule has 0 radical (unpaired) electrons. The van der Waals surface area contributed by atoms with Crippen molar-refractivity contribution in [1.82, 2.24) is 4.98 Å². The van der Waals surface area contributed by atoms with Crippen molar-refractivity contribution in [3.63, 3.8) is 0 Å². The van der Waals surface area contributed by atoms with Gasteiger partial charge in [0.05, 0.1) is 12.2 Å². The molecule has 1 aromatic heterocycles. The van der Waals surface area contributed by atoms with E-state index in [1.807, 2.05) is 20.8 Å². The molecule has 0 aliphatic heterocycles. The van der Waals surface area contributed by atoms with Crippen LogP contribution in [0, 0.1) is 5.41 Å². The van der Waals surface area contributed by atoms with Gasteiger partial charge in [-0.2, -0.15) is 13.2 Å². The van der Waals surface area contributed by atoms with Crippen LogP contribution in [0.3, 0.4) is 0 Å². The molecule has 102 valence electrons. The zero-order valence-electron chi connectivity index (χ0n) is 10.4. The third-order valence-electron chi connectivity index (χ3n) is 2.20. The molecule has 0 aliphatic carbocycles. The number of halogens is 4. The maximum absolute atomic E-state index is 12.5. The van der Waals surface area contributed by atoms with E-state index in [2.05, 4.69) is 4.98 Å². The van der Waals surface area contributed by atoms with E-state index in [-0.39, 0.29) is 16.4 Å². The molecule has 0 saturated carbocycles. The summed E-state index contributed by atoms with van der Waals surface area (Å²) < 4.78 is 42.8. The summed E-state index contributed by atoms with van der Waals surface area (Å²) in [5.74, 6) is -0.0981. The van der Waals surface area contributed by atoms with E-state index in [1.165, 1.54) is 0 Å². The summed E-state index contributed by atoms with van der Waals surface area (Å²) in [6.45, 7) is 6.35. The number of aromatic nitrogens is 1. The van der Waals surface area contributed by atoms with Crippen LogP contribution in [0.1, 0.15) is 32.8 Å². The largest absolute Gasteiger partial charge is 0.478 e. The predicted octanol–water partition coefficient (Wildman–Crippen LogP) is 4.57. The summed E-state index contributed by atoms with van der Waals surface area (Å²) in [4.78, 5) is 3.71. The van der Waals surface area contributed by atoms with E-state index < -0.39 is 11.7 Å². The first-order chi connectivity index (χ1) is 8.08. The molecule has 0 aliphatic rings. The molecule has 0 bridgehead atoms. The molecule has 1 heterocycles. The van der Waals surface area contributed by atoms with E-state index in [4.69, 9.17) is 16.3 Å². The molecule has 18 heavy (non-hydrogen) atoms. The number of hydrogen-bond acceptors (Lipinski definition) is 2. The first-order valence-electron chi connectivity index (χ1n) is 5.45. The summed E-state index contributed by atoms with van der Waals surface area (Å²) >= 11 is 5.53. The predicted molar refractivity (Wildman–Crippen MR) is 63.8 cm³/mol. The van der Waals surface area contributed by atoms with Crippen molar-refractivity contribution >= 4 is 11.6 Å². The lowest BCUT2D eigenvalue weighted by Crippen LogP contribution is -2.12. The van der Waals surface area contributed by atoms with Gasteiger partial charge in [-0.25, -0.2) is 4.98 Å². The van der Waals surface area contributed by atoms with Gasteiger partial charge in [-0.05, 0) is 17.9 Å². The third-order valence-corrected chi connectivity index (χ3v) is 2.39. The van der Waals surface area contributed by atoms with Gasteiger partial charge in [-0.3, -0.25) is 0 Å². The summed E-state index contributed by atoms with van der Waals surface area (Å²) in [7, 11) is 0. The summed E-state index contributed by atoms with van der Waals surface area (Å²) in [5, 5.41) is -0.226. The van der Waals surface area contributed by atoms with Crippen molar-refractivity contribution in [2.24, 2.45) is 5.41 Å². The minimum atomic E-state index is -4.45. The first kappa shape index (κ1) is 15.1. The highest BCUT2D eigenvalue weighted by atomic mass is 35.5. The van der Waals surface area contributed by atoms with Crippen molar-refractivity contribution in [2.45, 2.75) is 33.4 Å². The molecule has 0 saturated heterocycles. The van der Waals surface area contributed by atoms with Crippen molar-refractivity contribution in [2.75, 3.05) is 6.61 Å². The monoisotopic (exact) mass is 281 g/mol. The van der Waals surface area contributed by atoms with Crippen molar-refractivity contribution in [3.8, 4) is 5.88 Å². The molecule has 0 fully saturated rings. The van der Waals surface area contributed by atoms with Crippen LogP contribution in [0.15, 0.2) is 12.1 Å². The molecule has 0 spiro atoms. The van der Waals surface area contributed by atoms with Crippen LogP contribution in [0.4, 0.5) is 13.2 Å². The number of rotatable bonds is 3. The van der Waals surface area contributed by atoms with Gasteiger partial charge in [0, 0.05) is 6.07 Å². The van der Waals surface area contributed by atoms with E-state index in [0.29, 0.717) is 13.0 Å². The van der Waals surface area contributed by atoms with Gasteiger partial charge in [-0.15, -0.1) is 0 Å². The van der Waals surface area contributed by atoms with Crippen LogP contribution in [-0.2, 0) is 6.18 Å². The standard InChI is InChI=1S/C12H15ClF3NO/c1-11(2,3)4-5-18-10-7-8(12(14,15)16)6-9(13)17-10/h6-7H,4-5H2,1-3H3. The highest BCUT2D eigenvalue weighted by Gasteiger charge is 2.31. The van der Waals surface area contributed by atoms with Gasteiger partial charge in [0.25, 0.3) is 0 Å². The van der Waals surface area contributed by atoms with Gasteiger partial charge in [0.15, 0.2) is 0 Å². The summed E-state index contributed by atoms with van der Waals surface area (Å²) in [6.07, 6.45) is -3.74. The quantitative estimate of drug-likeness (QED) is 0.757.